The minimum Gasteiger partial charge on any atom is -0.495 e. The molecule has 0 aromatic heterocycles. The molecule has 1 aromatic rings. The van der Waals surface area contributed by atoms with Gasteiger partial charge in [-0.2, -0.15) is 0 Å². The van der Waals surface area contributed by atoms with Crippen molar-refractivity contribution in [2.75, 3.05) is 14.2 Å². The van der Waals surface area contributed by atoms with E-state index in [1.54, 1.807) is 14.2 Å². The molecule has 100 valence electrons. The summed E-state index contributed by atoms with van der Waals surface area (Å²) in [6.07, 6.45) is 2.23. The first-order valence-corrected chi connectivity index (χ1v) is 6.54. The highest BCUT2D eigenvalue weighted by Gasteiger charge is 2.48. The monoisotopic (exact) mass is 269 g/mol. The molecular formula is C14H20ClNO2. The molecule has 0 aliphatic heterocycles. The van der Waals surface area contributed by atoms with Crippen LogP contribution in [-0.4, -0.2) is 20.3 Å². The van der Waals surface area contributed by atoms with E-state index in [9.17, 15) is 0 Å². The van der Waals surface area contributed by atoms with E-state index < -0.39 is 0 Å². The molecule has 1 aromatic carbocycles. The van der Waals surface area contributed by atoms with Crippen LogP contribution in [0.1, 0.15) is 30.9 Å². The lowest BCUT2D eigenvalue weighted by Crippen LogP contribution is -2.32. The molecule has 1 atom stereocenters. The number of rotatable bonds is 5. The van der Waals surface area contributed by atoms with Crippen molar-refractivity contribution in [1.82, 2.24) is 0 Å². The minimum absolute atomic E-state index is 0.0732. The maximum atomic E-state index is 6.23. The van der Waals surface area contributed by atoms with Crippen LogP contribution in [0.5, 0.6) is 5.75 Å². The predicted molar refractivity (Wildman–Crippen MR) is 73.3 cm³/mol. The Morgan fingerprint density at radius 3 is 2.50 bits per heavy atom. The summed E-state index contributed by atoms with van der Waals surface area (Å²) in [5, 5.41) is 0.638. The first-order chi connectivity index (χ1) is 8.55. The Labute approximate surface area is 113 Å². The van der Waals surface area contributed by atoms with Crippen molar-refractivity contribution < 1.29 is 9.47 Å². The van der Waals surface area contributed by atoms with Crippen molar-refractivity contribution in [2.24, 2.45) is 5.73 Å². The van der Waals surface area contributed by atoms with Gasteiger partial charge >= 0.3 is 0 Å². The zero-order chi connectivity index (χ0) is 13.3. The van der Waals surface area contributed by atoms with E-state index in [4.69, 9.17) is 26.8 Å². The molecule has 0 bridgehead atoms. The lowest BCUT2D eigenvalue weighted by atomic mass is 9.86. The minimum atomic E-state index is 0.0732. The largest absolute Gasteiger partial charge is 0.495 e. The normalized spacial score (nSPS) is 18.5. The lowest BCUT2D eigenvalue weighted by Gasteiger charge is -2.24. The van der Waals surface area contributed by atoms with Crippen molar-refractivity contribution in [3.8, 4) is 5.75 Å². The molecule has 0 saturated heterocycles. The van der Waals surface area contributed by atoms with Crippen molar-refractivity contribution in [3.63, 3.8) is 0 Å². The van der Waals surface area contributed by atoms with Crippen LogP contribution in [0.2, 0.25) is 5.02 Å². The second-order valence-electron chi connectivity index (χ2n) is 5.02. The zero-order valence-corrected chi connectivity index (χ0v) is 11.9. The third-order valence-corrected chi connectivity index (χ3v) is 4.17. The van der Waals surface area contributed by atoms with Gasteiger partial charge in [0.1, 0.15) is 5.75 Å². The van der Waals surface area contributed by atoms with Crippen LogP contribution in [-0.2, 0) is 16.8 Å². The molecule has 1 aliphatic carbocycles. The molecule has 0 spiro atoms. The Hall–Kier alpha value is -0.770. The average Bonchev–Trinajstić information content (AvgIpc) is 3.12. The maximum Gasteiger partial charge on any atom is 0.137 e. The standard InChI is InChI=1S/C14H20ClNO2/c1-9(16)14(4-5-14)11-7-12(15)13(18-3)6-10(11)8-17-2/h6-7,9H,4-5,8,16H2,1-3H3. The Morgan fingerprint density at radius 1 is 1.39 bits per heavy atom. The van der Waals surface area contributed by atoms with Crippen LogP contribution < -0.4 is 10.5 Å². The quantitative estimate of drug-likeness (QED) is 0.894. The third-order valence-electron chi connectivity index (χ3n) is 3.87. The number of ether oxygens (including phenoxy) is 2. The SMILES string of the molecule is COCc1cc(OC)c(Cl)cc1C1(C(C)N)CC1. The fraction of sp³-hybridized carbons (Fsp3) is 0.571. The molecule has 4 heteroatoms. The Morgan fingerprint density at radius 2 is 2.06 bits per heavy atom. The average molecular weight is 270 g/mol. The van der Waals surface area contributed by atoms with Crippen LogP contribution in [0.25, 0.3) is 0 Å². The molecule has 18 heavy (non-hydrogen) atoms. The van der Waals surface area contributed by atoms with Crippen LogP contribution in [0.4, 0.5) is 0 Å². The van der Waals surface area contributed by atoms with Gasteiger partial charge in [-0.1, -0.05) is 11.6 Å². The number of methoxy groups -OCH3 is 2. The zero-order valence-electron chi connectivity index (χ0n) is 11.1. The number of hydrogen-bond acceptors (Lipinski definition) is 3. The Kier molecular flexibility index (Phi) is 3.85. The first-order valence-electron chi connectivity index (χ1n) is 6.16. The molecule has 1 saturated carbocycles. The molecule has 1 aliphatic rings. The fourth-order valence-electron chi connectivity index (χ4n) is 2.59. The van der Waals surface area contributed by atoms with Gasteiger partial charge in [-0.05, 0) is 43.0 Å². The first kappa shape index (κ1) is 13.7. The summed E-state index contributed by atoms with van der Waals surface area (Å²) in [6.45, 7) is 2.61. The Balaban J connectivity index is 2.48. The van der Waals surface area contributed by atoms with E-state index in [0.717, 1.165) is 18.4 Å². The molecule has 0 heterocycles. The van der Waals surface area contributed by atoms with E-state index in [1.165, 1.54) is 5.56 Å². The van der Waals surface area contributed by atoms with Crippen LogP contribution in [0.15, 0.2) is 12.1 Å². The number of benzene rings is 1. The van der Waals surface area contributed by atoms with Crippen LogP contribution in [0.3, 0.4) is 0 Å². The van der Waals surface area contributed by atoms with E-state index in [-0.39, 0.29) is 11.5 Å². The topological polar surface area (TPSA) is 44.5 Å². The van der Waals surface area contributed by atoms with E-state index in [1.807, 2.05) is 12.1 Å². The molecule has 1 fully saturated rings. The molecule has 2 N–H and O–H groups in total. The number of halogens is 1. The lowest BCUT2D eigenvalue weighted by molar-refractivity contribution is 0.183. The predicted octanol–water partition coefficient (Wildman–Crippen LogP) is 2.87. The van der Waals surface area contributed by atoms with Crippen molar-refractivity contribution >= 4 is 11.6 Å². The highest BCUT2D eigenvalue weighted by molar-refractivity contribution is 6.32. The molecular weight excluding hydrogens is 250 g/mol. The van der Waals surface area contributed by atoms with Crippen LogP contribution >= 0.6 is 11.6 Å². The van der Waals surface area contributed by atoms with Gasteiger partial charge in [0.05, 0.1) is 18.7 Å². The summed E-state index contributed by atoms with van der Waals surface area (Å²) < 4.78 is 10.5. The highest BCUT2D eigenvalue weighted by atomic mass is 35.5. The molecule has 0 radical (unpaired) electrons. The number of nitrogens with two attached hydrogens (primary N) is 1. The second kappa shape index (κ2) is 5.08. The van der Waals surface area contributed by atoms with Crippen molar-refractivity contribution in [2.45, 2.75) is 37.8 Å². The smallest absolute Gasteiger partial charge is 0.137 e. The van der Waals surface area contributed by atoms with Gasteiger partial charge in [0.15, 0.2) is 0 Å². The van der Waals surface area contributed by atoms with E-state index in [2.05, 4.69) is 6.92 Å². The third kappa shape index (κ3) is 2.22. The van der Waals surface area contributed by atoms with Gasteiger partial charge in [-0.15, -0.1) is 0 Å². The maximum absolute atomic E-state index is 6.23. The second-order valence-corrected chi connectivity index (χ2v) is 5.43. The molecule has 2 rings (SSSR count). The van der Waals surface area contributed by atoms with Crippen LogP contribution in [0, 0.1) is 0 Å². The molecule has 3 nitrogen and oxygen atoms in total. The summed E-state index contributed by atoms with van der Waals surface area (Å²) >= 11 is 6.23. The number of hydrogen-bond donors (Lipinski definition) is 1. The van der Waals surface area contributed by atoms with Gasteiger partial charge in [0.2, 0.25) is 0 Å². The highest BCUT2D eigenvalue weighted by Crippen LogP contribution is 2.52. The molecule has 1 unspecified atom stereocenters. The van der Waals surface area contributed by atoms with Crippen molar-refractivity contribution in [3.05, 3.63) is 28.3 Å². The van der Waals surface area contributed by atoms with Gasteiger partial charge in [-0.3, -0.25) is 0 Å². The molecule has 0 amide bonds. The van der Waals surface area contributed by atoms with E-state index in [0.29, 0.717) is 17.4 Å². The van der Waals surface area contributed by atoms with Gasteiger partial charge in [-0.25, -0.2) is 0 Å². The van der Waals surface area contributed by atoms with Gasteiger partial charge in [0.25, 0.3) is 0 Å². The fourth-order valence-corrected chi connectivity index (χ4v) is 2.84. The summed E-state index contributed by atoms with van der Waals surface area (Å²) in [6, 6.07) is 4.08. The van der Waals surface area contributed by atoms with Gasteiger partial charge in [0, 0.05) is 18.6 Å². The summed E-state index contributed by atoms with van der Waals surface area (Å²) in [5.41, 5.74) is 8.54. The summed E-state index contributed by atoms with van der Waals surface area (Å²) in [5.74, 6) is 0.688. The summed E-state index contributed by atoms with van der Waals surface area (Å²) in [4.78, 5) is 0. The Bertz CT molecular complexity index is 442. The van der Waals surface area contributed by atoms with Gasteiger partial charge < -0.3 is 15.2 Å². The van der Waals surface area contributed by atoms with E-state index >= 15 is 0 Å². The summed E-state index contributed by atoms with van der Waals surface area (Å²) in [7, 11) is 3.31. The van der Waals surface area contributed by atoms with Crippen molar-refractivity contribution in [1.29, 1.82) is 0 Å².